The summed E-state index contributed by atoms with van der Waals surface area (Å²) in [6.07, 6.45) is 0.417. The zero-order valence-electron chi connectivity index (χ0n) is 13.9. The molecule has 1 aromatic carbocycles. The molecule has 5 heteroatoms. The number of rotatable bonds is 10. The van der Waals surface area contributed by atoms with Crippen LogP contribution in [-0.2, 0) is 16.0 Å². The lowest BCUT2D eigenvalue weighted by atomic mass is 10.1. The van der Waals surface area contributed by atoms with Crippen molar-refractivity contribution in [3.05, 3.63) is 29.8 Å². The van der Waals surface area contributed by atoms with Gasteiger partial charge in [0.05, 0.1) is 6.61 Å². The number of benzene rings is 1. The van der Waals surface area contributed by atoms with Crippen LogP contribution in [0.3, 0.4) is 0 Å². The van der Waals surface area contributed by atoms with Gasteiger partial charge in [-0.2, -0.15) is 0 Å². The van der Waals surface area contributed by atoms with Crippen LogP contribution < -0.4 is 10.5 Å². The number of carbonyl (C=O) groups is 1. The van der Waals surface area contributed by atoms with Crippen LogP contribution in [0.25, 0.3) is 0 Å². The molecule has 0 aliphatic rings. The van der Waals surface area contributed by atoms with Crippen LogP contribution in [0.1, 0.15) is 26.3 Å². The molecule has 0 aliphatic heterocycles. The summed E-state index contributed by atoms with van der Waals surface area (Å²) >= 11 is 0. The summed E-state index contributed by atoms with van der Waals surface area (Å²) in [5, 5.41) is 0. The molecule has 22 heavy (non-hydrogen) atoms. The van der Waals surface area contributed by atoms with Crippen molar-refractivity contribution >= 4 is 5.97 Å². The van der Waals surface area contributed by atoms with E-state index in [1.807, 2.05) is 24.3 Å². The van der Waals surface area contributed by atoms with Crippen molar-refractivity contribution in [2.75, 3.05) is 32.8 Å². The zero-order chi connectivity index (χ0) is 16.4. The number of nitrogens with two attached hydrogens (primary N) is 1. The Balaban J connectivity index is 2.60. The summed E-state index contributed by atoms with van der Waals surface area (Å²) in [5.74, 6) is 0.412. The molecule has 0 heterocycles. The SMILES string of the molecule is CCOC(=O)C(N)Cc1ccccc1OCCN(CC)CC. The molecule has 1 aromatic rings. The van der Waals surface area contributed by atoms with Crippen molar-refractivity contribution in [2.45, 2.75) is 33.2 Å². The molecule has 2 N–H and O–H groups in total. The van der Waals surface area contributed by atoms with Gasteiger partial charge in [0.25, 0.3) is 0 Å². The number of hydrogen-bond donors (Lipinski definition) is 1. The molecule has 124 valence electrons. The summed E-state index contributed by atoms with van der Waals surface area (Å²) in [7, 11) is 0. The Labute approximate surface area is 133 Å². The molecule has 0 fully saturated rings. The minimum absolute atomic E-state index is 0.342. The Kier molecular flexibility index (Phi) is 8.55. The van der Waals surface area contributed by atoms with Gasteiger partial charge in [0, 0.05) is 13.0 Å². The van der Waals surface area contributed by atoms with Gasteiger partial charge in [0.2, 0.25) is 0 Å². The van der Waals surface area contributed by atoms with Crippen LogP contribution in [0.15, 0.2) is 24.3 Å². The predicted molar refractivity (Wildman–Crippen MR) is 88.0 cm³/mol. The molecule has 5 nitrogen and oxygen atoms in total. The minimum Gasteiger partial charge on any atom is -0.492 e. The summed E-state index contributed by atoms with van der Waals surface area (Å²) in [5.41, 5.74) is 6.82. The molecule has 0 aromatic heterocycles. The Morgan fingerprint density at radius 1 is 1.23 bits per heavy atom. The highest BCUT2D eigenvalue weighted by molar-refractivity contribution is 5.76. The number of esters is 1. The van der Waals surface area contributed by atoms with Crippen molar-refractivity contribution in [3.8, 4) is 5.75 Å². The van der Waals surface area contributed by atoms with E-state index in [-0.39, 0.29) is 5.97 Å². The van der Waals surface area contributed by atoms with Crippen LogP contribution in [0.5, 0.6) is 5.75 Å². The first-order valence-corrected chi connectivity index (χ1v) is 7.97. The monoisotopic (exact) mass is 308 g/mol. The molecule has 0 spiro atoms. The van der Waals surface area contributed by atoms with Crippen molar-refractivity contribution < 1.29 is 14.3 Å². The molecular weight excluding hydrogens is 280 g/mol. The van der Waals surface area contributed by atoms with E-state index in [2.05, 4.69) is 18.7 Å². The van der Waals surface area contributed by atoms with Gasteiger partial charge in [-0.25, -0.2) is 0 Å². The van der Waals surface area contributed by atoms with E-state index < -0.39 is 6.04 Å². The first-order valence-electron chi connectivity index (χ1n) is 7.97. The van der Waals surface area contributed by atoms with Crippen LogP contribution in [0.2, 0.25) is 0 Å². The second kappa shape index (κ2) is 10.2. The number of likely N-dealkylation sites (N-methyl/N-ethyl adjacent to an activating group) is 1. The van der Waals surface area contributed by atoms with E-state index in [9.17, 15) is 4.79 Å². The molecule has 1 atom stereocenters. The molecule has 1 rings (SSSR count). The van der Waals surface area contributed by atoms with Crippen molar-refractivity contribution in [3.63, 3.8) is 0 Å². The first-order chi connectivity index (χ1) is 10.6. The average molecular weight is 308 g/mol. The highest BCUT2D eigenvalue weighted by atomic mass is 16.5. The van der Waals surface area contributed by atoms with E-state index in [1.165, 1.54) is 0 Å². The number of hydrogen-bond acceptors (Lipinski definition) is 5. The van der Waals surface area contributed by atoms with E-state index in [4.69, 9.17) is 15.2 Å². The van der Waals surface area contributed by atoms with Gasteiger partial charge in [-0.3, -0.25) is 4.79 Å². The van der Waals surface area contributed by atoms with E-state index >= 15 is 0 Å². The number of nitrogens with zero attached hydrogens (tertiary/aromatic N) is 1. The molecule has 0 radical (unpaired) electrons. The summed E-state index contributed by atoms with van der Waals surface area (Å²) < 4.78 is 10.8. The topological polar surface area (TPSA) is 64.8 Å². The van der Waals surface area contributed by atoms with Crippen LogP contribution >= 0.6 is 0 Å². The van der Waals surface area contributed by atoms with Crippen molar-refractivity contribution in [1.29, 1.82) is 0 Å². The van der Waals surface area contributed by atoms with E-state index in [0.717, 1.165) is 30.9 Å². The third kappa shape index (κ3) is 6.03. The number of ether oxygens (including phenoxy) is 2. The van der Waals surface area contributed by atoms with Crippen molar-refractivity contribution in [1.82, 2.24) is 4.90 Å². The van der Waals surface area contributed by atoms with Gasteiger partial charge < -0.3 is 20.1 Å². The zero-order valence-corrected chi connectivity index (χ0v) is 13.9. The number of carbonyl (C=O) groups excluding carboxylic acids is 1. The minimum atomic E-state index is -0.660. The fourth-order valence-electron chi connectivity index (χ4n) is 2.21. The Morgan fingerprint density at radius 2 is 1.91 bits per heavy atom. The normalized spacial score (nSPS) is 12.2. The summed E-state index contributed by atoms with van der Waals surface area (Å²) in [6, 6.07) is 7.03. The Bertz CT molecular complexity index is 447. The highest BCUT2D eigenvalue weighted by Gasteiger charge is 2.17. The highest BCUT2D eigenvalue weighted by Crippen LogP contribution is 2.19. The molecule has 0 amide bonds. The van der Waals surface area contributed by atoms with E-state index in [0.29, 0.717) is 19.6 Å². The molecule has 1 unspecified atom stereocenters. The van der Waals surface area contributed by atoms with Crippen LogP contribution in [0.4, 0.5) is 0 Å². The maximum atomic E-state index is 11.6. The average Bonchev–Trinajstić information content (AvgIpc) is 2.53. The third-order valence-electron chi connectivity index (χ3n) is 3.56. The maximum Gasteiger partial charge on any atom is 0.323 e. The first kappa shape index (κ1) is 18.5. The second-order valence-corrected chi connectivity index (χ2v) is 5.05. The smallest absolute Gasteiger partial charge is 0.323 e. The largest absolute Gasteiger partial charge is 0.492 e. The van der Waals surface area contributed by atoms with Gasteiger partial charge >= 0.3 is 5.97 Å². The van der Waals surface area contributed by atoms with Gasteiger partial charge in [-0.1, -0.05) is 32.0 Å². The van der Waals surface area contributed by atoms with Crippen molar-refractivity contribution in [2.24, 2.45) is 5.73 Å². The molecule has 0 saturated heterocycles. The summed E-state index contributed by atoms with van der Waals surface area (Å²) in [6.45, 7) is 9.90. The van der Waals surface area contributed by atoms with Crippen LogP contribution in [0, 0.1) is 0 Å². The van der Waals surface area contributed by atoms with Gasteiger partial charge in [-0.05, 0) is 31.6 Å². The fraction of sp³-hybridized carbons (Fsp3) is 0.588. The van der Waals surface area contributed by atoms with Crippen LogP contribution in [-0.4, -0.2) is 49.8 Å². The lowest BCUT2D eigenvalue weighted by molar-refractivity contribution is -0.144. The van der Waals surface area contributed by atoms with Gasteiger partial charge in [0.15, 0.2) is 0 Å². The number of para-hydroxylation sites is 1. The molecule has 0 aliphatic carbocycles. The standard InChI is InChI=1S/C17H28N2O3/c1-4-19(5-2)11-12-22-16-10-8-7-9-14(16)13-15(18)17(20)21-6-3/h7-10,15H,4-6,11-13,18H2,1-3H3. The lowest BCUT2D eigenvalue weighted by Crippen LogP contribution is -2.34. The Hall–Kier alpha value is -1.59. The molecule has 0 bridgehead atoms. The van der Waals surface area contributed by atoms with Gasteiger partial charge in [-0.15, -0.1) is 0 Å². The molecular formula is C17H28N2O3. The van der Waals surface area contributed by atoms with E-state index in [1.54, 1.807) is 6.92 Å². The predicted octanol–water partition coefficient (Wildman–Crippen LogP) is 1.84. The Morgan fingerprint density at radius 3 is 2.55 bits per heavy atom. The third-order valence-corrected chi connectivity index (χ3v) is 3.56. The lowest BCUT2D eigenvalue weighted by Gasteiger charge is -2.19. The maximum absolute atomic E-state index is 11.6. The summed E-state index contributed by atoms with van der Waals surface area (Å²) in [4.78, 5) is 13.9. The van der Waals surface area contributed by atoms with Gasteiger partial charge in [0.1, 0.15) is 18.4 Å². The molecule has 0 saturated carbocycles. The fourth-order valence-corrected chi connectivity index (χ4v) is 2.21. The second-order valence-electron chi connectivity index (χ2n) is 5.05. The quantitative estimate of drug-likeness (QED) is 0.668.